The molecule has 149 valence electrons. The van der Waals surface area contributed by atoms with Gasteiger partial charge >= 0.3 is 67.8 Å². The fourth-order valence-corrected chi connectivity index (χ4v) is 0.917. The fourth-order valence-electron chi connectivity index (χ4n) is 0.917. The molecule has 0 aromatic rings. The summed E-state index contributed by atoms with van der Waals surface area (Å²) in [6, 6.07) is 1.28. The van der Waals surface area contributed by atoms with Crippen molar-refractivity contribution in [2.45, 2.75) is 39.8 Å². The third-order valence-electron chi connectivity index (χ3n) is 1.75. The van der Waals surface area contributed by atoms with E-state index in [1.807, 2.05) is 32.1 Å². The molecule has 5 radical (unpaired) electrons. The Bertz CT molecular complexity index is 265. The number of hydrogen-bond acceptors (Lipinski definition) is 1. The molecule has 0 amide bonds. The molecule has 0 aromatic heterocycles. The zero-order valence-electron chi connectivity index (χ0n) is 15.3. The first-order valence-electron chi connectivity index (χ1n) is 5.98. The molecule has 27 heavy (non-hydrogen) atoms. The third-order valence-corrected chi connectivity index (χ3v) is 2.94. The number of rotatable bonds is 2. The maximum atomic E-state index is 7.50. The Morgan fingerprint density at radius 2 is 0.667 bits per heavy atom. The molecule has 0 aromatic carbocycles. The fraction of sp³-hybridized carbons (Fsp3) is 0.353. The molecule has 1 fully saturated rings. The summed E-state index contributed by atoms with van der Waals surface area (Å²) in [6.45, 7) is 35.8. The molecule has 7 nitrogen and oxygen atoms in total. The van der Waals surface area contributed by atoms with Gasteiger partial charge < -0.3 is 0 Å². The predicted octanol–water partition coefficient (Wildman–Crippen LogP) is 2.69. The first kappa shape index (κ1) is 56.3. The SMILES string of the molecule is CC(C)N(P)C(C)C.[C-]#[O+].[C-]#[O+].[C-]#[O+].[C-]#[O+].[C-]#[O+].[C-]#[O+].[CH]1[CH][CH][CH][CH]1.[Fe].[W]. The van der Waals surface area contributed by atoms with Crippen molar-refractivity contribution in [2.75, 3.05) is 0 Å². The Hall–Kier alpha value is 0.0378. The molecule has 1 unspecified atom stereocenters. The van der Waals surface area contributed by atoms with Crippen molar-refractivity contribution in [3.05, 3.63) is 72.0 Å². The zero-order chi connectivity index (χ0) is 22.3. The molecule has 0 spiro atoms. The van der Waals surface area contributed by atoms with E-state index < -0.39 is 0 Å². The van der Waals surface area contributed by atoms with Gasteiger partial charge in [0.05, 0.1) is 0 Å². The van der Waals surface area contributed by atoms with E-state index in [2.05, 4.69) is 81.7 Å². The normalized spacial score (nSPS) is 8.44. The Morgan fingerprint density at radius 1 is 0.556 bits per heavy atom. The first-order valence-corrected chi connectivity index (χ1v) is 6.49. The summed E-state index contributed by atoms with van der Waals surface area (Å²) in [4.78, 5) is 0. The molecule has 10 heteroatoms. The van der Waals surface area contributed by atoms with Gasteiger partial charge in [-0.3, -0.25) is 4.67 Å². The molecule has 1 saturated carbocycles. The van der Waals surface area contributed by atoms with Gasteiger partial charge in [-0.2, -0.15) is 0 Å². The average molecular weight is 606 g/mol. The second-order valence-electron chi connectivity index (χ2n) is 3.60. The molecular formula is C17H21FeNO6PW. The Labute approximate surface area is 191 Å². The van der Waals surface area contributed by atoms with E-state index in [1.165, 1.54) is 0 Å². The first-order chi connectivity index (χ1) is 12.1. The minimum atomic E-state index is 0. The summed E-state index contributed by atoms with van der Waals surface area (Å²) >= 11 is 0. The van der Waals surface area contributed by atoms with Crippen LogP contribution in [0, 0.1) is 72.0 Å². The molecule has 0 saturated heterocycles. The molecule has 0 bridgehead atoms. The third kappa shape index (κ3) is 88.5. The van der Waals surface area contributed by atoms with E-state index in [9.17, 15) is 0 Å². The van der Waals surface area contributed by atoms with Crippen LogP contribution < -0.4 is 0 Å². The summed E-state index contributed by atoms with van der Waals surface area (Å²) in [5.74, 6) is 0. The van der Waals surface area contributed by atoms with Crippen LogP contribution in [0.5, 0.6) is 0 Å². The van der Waals surface area contributed by atoms with Crippen LogP contribution in [0.1, 0.15) is 27.7 Å². The Morgan fingerprint density at radius 3 is 0.704 bits per heavy atom. The Kier molecular flexibility index (Phi) is 173. The van der Waals surface area contributed by atoms with E-state index in [4.69, 9.17) is 27.9 Å². The minimum Gasteiger partial charge on any atom is -0.0312 e. The van der Waals surface area contributed by atoms with E-state index in [0.717, 1.165) is 0 Å². The maximum absolute atomic E-state index is 7.50. The summed E-state index contributed by atoms with van der Waals surface area (Å²) in [5.41, 5.74) is 0. The van der Waals surface area contributed by atoms with Crippen molar-refractivity contribution < 1.29 is 66.0 Å². The summed E-state index contributed by atoms with van der Waals surface area (Å²) < 4.78 is 47.2. The van der Waals surface area contributed by atoms with Crippen LogP contribution in [0.15, 0.2) is 0 Å². The number of nitrogens with zero attached hydrogens (tertiary/aromatic N) is 1. The van der Waals surface area contributed by atoms with E-state index in [-0.39, 0.29) is 38.1 Å². The van der Waals surface area contributed by atoms with Gasteiger partial charge in [0.25, 0.3) is 0 Å². The van der Waals surface area contributed by atoms with Crippen molar-refractivity contribution in [1.82, 2.24) is 4.67 Å². The van der Waals surface area contributed by atoms with Gasteiger partial charge in [-0.15, -0.1) is 0 Å². The number of hydrogen-bond donors (Lipinski definition) is 0. The van der Waals surface area contributed by atoms with Crippen LogP contribution >= 0.6 is 9.39 Å². The molecule has 0 aliphatic heterocycles. The van der Waals surface area contributed by atoms with Gasteiger partial charge in [0.1, 0.15) is 0 Å². The average Bonchev–Trinajstić information content (AvgIpc) is 3.30. The quantitative estimate of drug-likeness (QED) is 0.204. The van der Waals surface area contributed by atoms with Crippen molar-refractivity contribution >= 4 is 9.39 Å². The van der Waals surface area contributed by atoms with Crippen LogP contribution in [-0.2, 0) is 66.0 Å². The van der Waals surface area contributed by atoms with Gasteiger partial charge in [-0.05, 0) is 59.8 Å². The van der Waals surface area contributed by atoms with Gasteiger partial charge in [-0.1, -0.05) is 9.39 Å². The molecule has 1 atom stereocenters. The topological polar surface area (TPSA) is 123 Å². The van der Waals surface area contributed by atoms with Crippen LogP contribution in [0.25, 0.3) is 0 Å². The van der Waals surface area contributed by atoms with Gasteiger partial charge in [-0.25, -0.2) is 0 Å². The second-order valence-corrected chi connectivity index (χ2v) is 4.19. The van der Waals surface area contributed by atoms with Crippen molar-refractivity contribution in [3.63, 3.8) is 0 Å². The van der Waals surface area contributed by atoms with Gasteiger partial charge in [0.15, 0.2) is 0 Å². The molecule has 1 aliphatic carbocycles. The zero-order valence-corrected chi connectivity index (χ0v) is 20.5. The molecule has 0 N–H and O–H groups in total. The molecular weight excluding hydrogens is 585 g/mol. The van der Waals surface area contributed by atoms with Crippen LogP contribution in [0.4, 0.5) is 0 Å². The molecule has 1 aliphatic rings. The maximum Gasteiger partial charge on any atom is 0 e. The summed E-state index contributed by atoms with van der Waals surface area (Å²) in [7, 11) is 2.72. The van der Waals surface area contributed by atoms with Gasteiger partial charge in [0, 0.05) is 50.2 Å². The standard InChI is InChI=1S/C6H16NP.C5H5.6CO.Fe.W/c1-5(2)7(8)6(3)4;1-2-4-5-3-1;6*1-2;;/h5-6H,8H2,1-4H3;1-5H;;;;;;;;. The monoisotopic (exact) mass is 606 g/mol. The van der Waals surface area contributed by atoms with E-state index in [1.54, 1.807) is 0 Å². The van der Waals surface area contributed by atoms with Crippen molar-refractivity contribution in [2.24, 2.45) is 0 Å². The summed E-state index contributed by atoms with van der Waals surface area (Å²) in [6.07, 6.45) is 10.0. The van der Waals surface area contributed by atoms with Crippen LogP contribution in [-0.4, -0.2) is 16.8 Å². The van der Waals surface area contributed by atoms with E-state index >= 15 is 0 Å². The van der Waals surface area contributed by atoms with Crippen LogP contribution in [0.3, 0.4) is 0 Å². The van der Waals surface area contributed by atoms with Crippen LogP contribution in [0.2, 0.25) is 0 Å². The predicted molar refractivity (Wildman–Crippen MR) is 86.9 cm³/mol. The largest absolute Gasteiger partial charge is 0.0312 e. The molecule has 1 rings (SSSR count). The molecule has 0 heterocycles. The minimum absolute atomic E-state index is 0. The van der Waals surface area contributed by atoms with Crippen molar-refractivity contribution in [1.29, 1.82) is 0 Å². The summed E-state index contributed by atoms with van der Waals surface area (Å²) in [5, 5.41) is 0. The van der Waals surface area contributed by atoms with Crippen molar-refractivity contribution in [3.8, 4) is 0 Å². The van der Waals surface area contributed by atoms with Gasteiger partial charge in [0.2, 0.25) is 0 Å². The Balaban J connectivity index is -0.0000000215. The smallest absolute Gasteiger partial charge is 0 e. The second kappa shape index (κ2) is 82.8. The van der Waals surface area contributed by atoms with E-state index in [0.29, 0.717) is 12.1 Å².